The van der Waals surface area contributed by atoms with Gasteiger partial charge in [-0.2, -0.15) is 0 Å². The molecule has 20 heavy (non-hydrogen) atoms. The summed E-state index contributed by atoms with van der Waals surface area (Å²) in [6, 6.07) is 0. The first-order chi connectivity index (χ1) is 9.81. The number of aliphatic hydroxyl groups excluding tert-OH is 1. The van der Waals surface area contributed by atoms with E-state index in [0.29, 0.717) is 17.8 Å². The smallest absolute Gasteiger partial charge is 0.0789 e. The van der Waals surface area contributed by atoms with Crippen LogP contribution in [0.4, 0.5) is 0 Å². The van der Waals surface area contributed by atoms with Crippen LogP contribution in [0.15, 0.2) is 23.8 Å². The van der Waals surface area contributed by atoms with E-state index in [9.17, 15) is 5.11 Å². The van der Waals surface area contributed by atoms with Crippen LogP contribution >= 0.6 is 0 Å². The lowest BCUT2D eigenvalue weighted by molar-refractivity contribution is 0.121. The molecule has 5 atom stereocenters. The monoisotopic (exact) mass is 274 g/mol. The molecule has 3 aliphatic rings. The molecule has 0 saturated heterocycles. The number of hydrogen-bond donors (Lipinski definition) is 1. The lowest BCUT2D eigenvalue weighted by Gasteiger charge is -2.24. The second-order valence-electron chi connectivity index (χ2n) is 7.16. The van der Waals surface area contributed by atoms with Crippen LogP contribution in [0, 0.1) is 23.7 Å². The van der Waals surface area contributed by atoms with Gasteiger partial charge in [-0.3, -0.25) is 0 Å². The van der Waals surface area contributed by atoms with Crippen molar-refractivity contribution in [2.24, 2.45) is 23.7 Å². The molecule has 1 fully saturated rings. The molecule has 1 saturated carbocycles. The number of allylic oxidation sites excluding steroid dienone is 3. The number of rotatable bonds is 8. The van der Waals surface area contributed by atoms with E-state index < -0.39 is 0 Å². The molecule has 3 rings (SSSR count). The van der Waals surface area contributed by atoms with Gasteiger partial charge in [-0.25, -0.2) is 0 Å². The van der Waals surface area contributed by atoms with Crippen LogP contribution in [0.3, 0.4) is 0 Å². The second-order valence-corrected chi connectivity index (χ2v) is 7.16. The van der Waals surface area contributed by atoms with Gasteiger partial charge in [-0.1, -0.05) is 63.7 Å². The Morgan fingerprint density at radius 1 is 1.00 bits per heavy atom. The third-order valence-corrected chi connectivity index (χ3v) is 5.80. The first-order valence-corrected chi connectivity index (χ1v) is 8.88. The summed E-state index contributed by atoms with van der Waals surface area (Å²) >= 11 is 0. The number of unbranched alkanes of at least 4 members (excludes halogenated alkanes) is 6. The van der Waals surface area contributed by atoms with Crippen LogP contribution in [0.1, 0.15) is 64.7 Å². The zero-order valence-electron chi connectivity index (χ0n) is 12.9. The number of hydrogen-bond acceptors (Lipinski definition) is 1. The van der Waals surface area contributed by atoms with Gasteiger partial charge in [0.25, 0.3) is 0 Å². The molecule has 1 heteroatoms. The van der Waals surface area contributed by atoms with Crippen molar-refractivity contribution in [2.45, 2.75) is 70.8 Å². The predicted octanol–water partition coefficient (Wildman–Crippen LogP) is 4.87. The molecule has 0 radical (unpaired) electrons. The maximum absolute atomic E-state index is 10.6. The van der Waals surface area contributed by atoms with Gasteiger partial charge in [0.1, 0.15) is 0 Å². The minimum absolute atomic E-state index is 0.125. The Bertz CT molecular complexity index is 381. The van der Waals surface area contributed by atoms with Gasteiger partial charge in [-0.05, 0) is 42.6 Å². The molecule has 0 aromatic carbocycles. The molecule has 3 aliphatic carbocycles. The normalized spacial score (nSPS) is 37.5. The Kier molecular flexibility index (Phi) is 4.65. The largest absolute Gasteiger partial charge is 0.388 e. The van der Waals surface area contributed by atoms with Crippen LogP contribution in [-0.2, 0) is 0 Å². The number of fused-ring (bicyclic) bond motifs is 5. The third kappa shape index (κ3) is 2.74. The fraction of sp³-hybridized carbons (Fsp3) is 0.789. The molecule has 0 aromatic heterocycles. The summed E-state index contributed by atoms with van der Waals surface area (Å²) in [6.07, 6.45) is 19.0. The second kappa shape index (κ2) is 6.47. The minimum Gasteiger partial charge on any atom is -0.388 e. The van der Waals surface area contributed by atoms with E-state index in [1.165, 1.54) is 56.9 Å². The molecule has 0 heterocycles. The van der Waals surface area contributed by atoms with Crippen molar-refractivity contribution in [2.75, 3.05) is 0 Å². The van der Waals surface area contributed by atoms with Gasteiger partial charge < -0.3 is 5.11 Å². The average molecular weight is 274 g/mol. The van der Waals surface area contributed by atoms with E-state index in [4.69, 9.17) is 0 Å². The zero-order valence-corrected chi connectivity index (χ0v) is 12.9. The topological polar surface area (TPSA) is 20.2 Å². The Hall–Kier alpha value is -0.560. The van der Waals surface area contributed by atoms with Crippen LogP contribution in [0.2, 0.25) is 0 Å². The van der Waals surface area contributed by atoms with Crippen LogP contribution in [0.25, 0.3) is 0 Å². The lowest BCUT2D eigenvalue weighted by Crippen LogP contribution is -2.25. The van der Waals surface area contributed by atoms with Gasteiger partial charge in [0.15, 0.2) is 0 Å². The predicted molar refractivity (Wildman–Crippen MR) is 84.4 cm³/mol. The van der Waals surface area contributed by atoms with Crippen molar-refractivity contribution in [1.82, 2.24) is 0 Å². The van der Waals surface area contributed by atoms with Gasteiger partial charge in [0.05, 0.1) is 6.10 Å². The Labute approximate surface area is 124 Å². The van der Waals surface area contributed by atoms with Crippen LogP contribution < -0.4 is 0 Å². The van der Waals surface area contributed by atoms with Gasteiger partial charge in [0, 0.05) is 5.92 Å². The average Bonchev–Trinajstić information content (AvgIpc) is 3.12. The zero-order chi connectivity index (χ0) is 13.9. The summed E-state index contributed by atoms with van der Waals surface area (Å²) in [5.41, 5.74) is 1.37. The van der Waals surface area contributed by atoms with Crippen LogP contribution in [0.5, 0.6) is 0 Å². The van der Waals surface area contributed by atoms with E-state index in [2.05, 4.69) is 25.2 Å². The fourth-order valence-electron chi connectivity index (χ4n) is 4.69. The highest BCUT2D eigenvalue weighted by molar-refractivity contribution is 5.30. The van der Waals surface area contributed by atoms with Gasteiger partial charge in [-0.15, -0.1) is 0 Å². The molecule has 2 bridgehead atoms. The molecule has 0 spiro atoms. The molecule has 1 nitrogen and oxygen atoms in total. The van der Waals surface area contributed by atoms with E-state index in [1.807, 2.05) is 0 Å². The lowest BCUT2D eigenvalue weighted by atomic mass is 9.84. The molecular weight excluding hydrogens is 244 g/mol. The van der Waals surface area contributed by atoms with Crippen molar-refractivity contribution >= 4 is 0 Å². The molecule has 0 aromatic rings. The summed E-state index contributed by atoms with van der Waals surface area (Å²) in [4.78, 5) is 0. The Balaban J connectivity index is 1.38. The van der Waals surface area contributed by atoms with E-state index in [1.54, 1.807) is 0 Å². The highest BCUT2D eigenvalue weighted by Gasteiger charge is 2.50. The van der Waals surface area contributed by atoms with Crippen LogP contribution in [-0.4, -0.2) is 11.2 Å². The molecule has 112 valence electrons. The highest BCUT2D eigenvalue weighted by atomic mass is 16.3. The highest BCUT2D eigenvalue weighted by Crippen LogP contribution is 2.54. The molecule has 1 N–H and O–H groups in total. The molecule has 0 unspecified atom stereocenters. The first-order valence-electron chi connectivity index (χ1n) is 8.88. The van der Waals surface area contributed by atoms with E-state index in [-0.39, 0.29) is 6.10 Å². The van der Waals surface area contributed by atoms with E-state index in [0.717, 1.165) is 12.3 Å². The van der Waals surface area contributed by atoms with Crippen molar-refractivity contribution in [3.8, 4) is 0 Å². The molecule has 0 aliphatic heterocycles. The minimum atomic E-state index is -0.125. The SMILES string of the molecule is CCCCCCCCCC1=C[C@H]2[C@H]([C@@H]3C=C[C@H]2C3)[C@H]1O. The van der Waals surface area contributed by atoms with Crippen molar-refractivity contribution in [3.63, 3.8) is 0 Å². The molecule has 0 amide bonds. The standard InChI is InChI=1S/C19H30O/c1-2-3-4-5-6-7-8-9-16-13-17-14-10-11-15(12-14)18(17)19(16)20/h10-11,13-15,17-20H,2-9,12H2,1H3/t14-,15+,17+,18-,19-/m0/s1. The number of aliphatic hydroxyl groups is 1. The summed E-state index contributed by atoms with van der Waals surface area (Å²) in [6.45, 7) is 2.27. The van der Waals surface area contributed by atoms with Crippen molar-refractivity contribution < 1.29 is 5.11 Å². The summed E-state index contributed by atoms with van der Waals surface area (Å²) in [7, 11) is 0. The third-order valence-electron chi connectivity index (χ3n) is 5.80. The summed E-state index contributed by atoms with van der Waals surface area (Å²) in [5.74, 6) is 2.61. The fourth-order valence-corrected chi connectivity index (χ4v) is 4.69. The first kappa shape index (κ1) is 14.4. The summed E-state index contributed by atoms with van der Waals surface area (Å²) < 4.78 is 0. The Morgan fingerprint density at radius 2 is 1.70 bits per heavy atom. The van der Waals surface area contributed by atoms with Gasteiger partial charge >= 0.3 is 0 Å². The quantitative estimate of drug-likeness (QED) is 0.495. The maximum atomic E-state index is 10.6. The molecular formula is C19H30O. The van der Waals surface area contributed by atoms with Crippen molar-refractivity contribution in [3.05, 3.63) is 23.8 Å². The maximum Gasteiger partial charge on any atom is 0.0789 e. The summed E-state index contributed by atoms with van der Waals surface area (Å²) in [5, 5.41) is 10.6. The van der Waals surface area contributed by atoms with Crippen molar-refractivity contribution in [1.29, 1.82) is 0 Å². The van der Waals surface area contributed by atoms with E-state index >= 15 is 0 Å². The Morgan fingerprint density at radius 3 is 2.45 bits per heavy atom. The van der Waals surface area contributed by atoms with Gasteiger partial charge in [0.2, 0.25) is 0 Å².